The van der Waals surface area contributed by atoms with Crippen LogP contribution in [0, 0.1) is 5.82 Å². The van der Waals surface area contributed by atoms with Crippen molar-refractivity contribution in [2.75, 3.05) is 43.9 Å². The number of nitrogens with one attached hydrogen (secondary N) is 2. The van der Waals surface area contributed by atoms with Crippen molar-refractivity contribution in [1.29, 1.82) is 0 Å². The van der Waals surface area contributed by atoms with Crippen molar-refractivity contribution >= 4 is 33.3 Å². The summed E-state index contributed by atoms with van der Waals surface area (Å²) < 4.78 is 13.9. The van der Waals surface area contributed by atoms with Crippen LogP contribution in [0.5, 0.6) is 0 Å². The van der Waals surface area contributed by atoms with Gasteiger partial charge in [-0.1, -0.05) is 18.2 Å². The summed E-state index contributed by atoms with van der Waals surface area (Å²) in [7, 11) is 2.16. The molecule has 3 heterocycles. The van der Waals surface area contributed by atoms with Gasteiger partial charge in [0.05, 0.1) is 22.4 Å². The maximum absolute atomic E-state index is 13.9. The molecule has 0 bridgehead atoms. The lowest BCUT2D eigenvalue weighted by Crippen LogP contribution is -2.44. The van der Waals surface area contributed by atoms with Crippen LogP contribution in [0.15, 0.2) is 54.6 Å². The molecule has 0 amide bonds. The van der Waals surface area contributed by atoms with Gasteiger partial charge in [-0.05, 0) is 54.6 Å². The maximum atomic E-state index is 13.9. The SMILES string of the molecule is CN1CCN(c2cccc3[nH]c(-c4n[nH]c5cc(-c6ccc(N)c(F)c6)ccc45)nc23)CC1. The summed E-state index contributed by atoms with van der Waals surface area (Å²) in [6.07, 6.45) is 0. The molecule has 33 heavy (non-hydrogen) atoms. The molecule has 0 radical (unpaired) electrons. The van der Waals surface area contributed by atoms with Gasteiger partial charge in [-0.15, -0.1) is 0 Å². The third-order valence-corrected chi connectivity index (χ3v) is 6.46. The molecule has 1 aliphatic rings. The first-order valence-electron chi connectivity index (χ1n) is 11.0. The molecule has 0 atom stereocenters. The number of piperazine rings is 1. The number of benzene rings is 3. The molecule has 2 aromatic heterocycles. The Morgan fingerprint density at radius 2 is 1.73 bits per heavy atom. The number of halogens is 1. The van der Waals surface area contributed by atoms with Crippen molar-refractivity contribution < 1.29 is 4.39 Å². The van der Waals surface area contributed by atoms with Crippen molar-refractivity contribution in [2.45, 2.75) is 0 Å². The standard InChI is InChI=1S/C25H24FN7/c1-32-9-11-33(12-10-32)22-4-2-3-20-24(22)29-25(28-20)23-17-7-5-16(14-21(17)30-31-23)15-6-8-19(27)18(26)13-15/h2-8,13-14H,9-12,27H2,1H3,(H,28,29)(H,30,31). The number of nitrogen functional groups attached to an aromatic ring is 1. The number of anilines is 2. The second-order valence-corrected chi connectivity index (χ2v) is 8.62. The van der Waals surface area contributed by atoms with E-state index in [1.165, 1.54) is 6.07 Å². The zero-order valence-corrected chi connectivity index (χ0v) is 18.3. The van der Waals surface area contributed by atoms with E-state index in [4.69, 9.17) is 10.7 Å². The van der Waals surface area contributed by atoms with Gasteiger partial charge in [-0.2, -0.15) is 5.10 Å². The Bertz CT molecular complexity index is 1480. The molecule has 4 N–H and O–H groups in total. The van der Waals surface area contributed by atoms with E-state index in [-0.39, 0.29) is 5.69 Å². The highest BCUT2D eigenvalue weighted by Gasteiger charge is 2.20. The lowest BCUT2D eigenvalue weighted by atomic mass is 10.0. The molecule has 1 saturated heterocycles. The number of nitrogens with two attached hydrogens (primary N) is 1. The highest BCUT2D eigenvalue weighted by Crippen LogP contribution is 2.33. The summed E-state index contributed by atoms with van der Waals surface area (Å²) in [4.78, 5) is 13.1. The van der Waals surface area contributed by atoms with Gasteiger partial charge in [-0.25, -0.2) is 9.37 Å². The molecule has 8 heteroatoms. The van der Waals surface area contributed by atoms with Crippen molar-refractivity contribution in [3.05, 3.63) is 60.4 Å². The van der Waals surface area contributed by atoms with E-state index < -0.39 is 5.82 Å². The van der Waals surface area contributed by atoms with E-state index in [2.05, 4.69) is 44.2 Å². The first-order valence-corrected chi connectivity index (χ1v) is 11.0. The highest BCUT2D eigenvalue weighted by atomic mass is 19.1. The number of hydrogen-bond acceptors (Lipinski definition) is 5. The molecule has 3 aromatic carbocycles. The summed E-state index contributed by atoms with van der Waals surface area (Å²) in [5.74, 6) is 0.306. The highest BCUT2D eigenvalue weighted by molar-refractivity contribution is 5.97. The Labute approximate surface area is 190 Å². The average Bonchev–Trinajstić information content (AvgIpc) is 3.45. The Hall–Kier alpha value is -3.91. The molecule has 0 spiro atoms. The number of likely N-dealkylation sites (N-methyl/N-ethyl adjacent to an activating group) is 1. The topological polar surface area (TPSA) is 89.9 Å². The van der Waals surface area contributed by atoms with Gasteiger partial charge < -0.3 is 20.5 Å². The fourth-order valence-electron chi connectivity index (χ4n) is 4.52. The van der Waals surface area contributed by atoms with E-state index in [0.29, 0.717) is 0 Å². The van der Waals surface area contributed by atoms with Gasteiger partial charge in [0.25, 0.3) is 0 Å². The van der Waals surface area contributed by atoms with Gasteiger partial charge in [0.1, 0.15) is 17.0 Å². The quantitative estimate of drug-likeness (QED) is 0.364. The predicted molar refractivity (Wildman–Crippen MR) is 131 cm³/mol. The normalized spacial score (nSPS) is 15.0. The summed E-state index contributed by atoms with van der Waals surface area (Å²) >= 11 is 0. The van der Waals surface area contributed by atoms with Crippen LogP contribution < -0.4 is 10.6 Å². The summed E-state index contributed by atoms with van der Waals surface area (Å²) in [5.41, 5.74) is 12.1. The minimum absolute atomic E-state index is 0.143. The first kappa shape index (κ1) is 19.8. The zero-order chi connectivity index (χ0) is 22.5. The van der Waals surface area contributed by atoms with Crippen LogP contribution in [0.3, 0.4) is 0 Å². The van der Waals surface area contributed by atoms with Gasteiger partial charge >= 0.3 is 0 Å². The number of aromatic nitrogens is 4. The summed E-state index contributed by atoms with van der Waals surface area (Å²) in [6.45, 7) is 4.05. The number of aromatic amines is 2. The Kier molecular flexibility index (Phi) is 4.55. The second-order valence-electron chi connectivity index (χ2n) is 8.62. The number of imidazole rings is 1. The van der Waals surface area contributed by atoms with Crippen LogP contribution in [0.2, 0.25) is 0 Å². The van der Waals surface area contributed by atoms with Crippen LogP contribution in [-0.2, 0) is 0 Å². The zero-order valence-electron chi connectivity index (χ0n) is 18.3. The van der Waals surface area contributed by atoms with Crippen LogP contribution in [0.1, 0.15) is 0 Å². The minimum Gasteiger partial charge on any atom is -0.396 e. The lowest BCUT2D eigenvalue weighted by molar-refractivity contribution is 0.313. The Balaban J connectivity index is 1.39. The fourth-order valence-corrected chi connectivity index (χ4v) is 4.52. The molecule has 0 saturated carbocycles. The lowest BCUT2D eigenvalue weighted by Gasteiger charge is -2.34. The summed E-state index contributed by atoms with van der Waals surface area (Å²) in [6, 6.07) is 17.0. The van der Waals surface area contributed by atoms with Crippen LogP contribution in [0.4, 0.5) is 15.8 Å². The van der Waals surface area contributed by atoms with E-state index in [1.807, 2.05) is 30.3 Å². The number of para-hydroxylation sites is 1. The summed E-state index contributed by atoms with van der Waals surface area (Å²) in [5, 5.41) is 8.61. The van der Waals surface area contributed by atoms with Crippen molar-refractivity contribution in [3.63, 3.8) is 0 Å². The number of nitrogens with zero attached hydrogens (tertiary/aromatic N) is 4. The van der Waals surface area contributed by atoms with Crippen molar-refractivity contribution in [3.8, 4) is 22.6 Å². The molecule has 1 fully saturated rings. The number of fused-ring (bicyclic) bond motifs is 2. The molecule has 1 aliphatic heterocycles. The molecular formula is C25H24FN7. The Morgan fingerprint density at radius 3 is 2.55 bits per heavy atom. The average molecular weight is 442 g/mol. The van der Waals surface area contributed by atoms with Crippen LogP contribution in [-0.4, -0.2) is 58.3 Å². The van der Waals surface area contributed by atoms with Crippen molar-refractivity contribution in [1.82, 2.24) is 25.1 Å². The molecule has 166 valence electrons. The van der Waals surface area contributed by atoms with Gasteiger partial charge in [0.15, 0.2) is 5.82 Å². The van der Waals surface area contributed by atoms with E-state index in [1.54, 1.807) is 6.07 Å². The maximum Gasteiger partial charge on any atom is 0.159 e. The molecular weight excluding hydrogens is 417 g/mol. The smallest absolute Gasteiger partial charge is 0.159 e. The fraction of sp³-hybridized carbons (Fsp3) is 0.200. The molecule has 0 aliphatic carbocycles. The molecule has 7 nitrogen and oxygen atoms in total. The second kappa shape index (κ2) is 7.60. The molecule has 5 aromatic rings. The molecule has 0 unspecified atom stereocenters. The van der Waals surface area contributed by atoms with Gasteiger partial charge in [0, 0.05) is 31.6 Å². The predicted octanol–water partition coefficient (Wildman–Crippen LogP) is 4.25. The number of hydrogen-bond donors (Lipinski definition) is 3. The van der Waals surface area contributed by atoms with Crippen molar-refractivity contribution in [2.24, 2.45) is 0 Å². The van der Waals surface area contributed by atoms with Gasteiger partial charge in [0.2, 0.25) is 0 Å². The number of H-pyrrole nitrogens is 2. The third kappa shape index (κ3) is 3.39. The third-order valence-electron chi connectivity index (χ3n) is 6.46. The molecule has 6 rings (SSSR count). The monoisotopic (exact) mass is 441 g/mol. The van der Waals surface area contributed by atoms with Gasteiger partial charge in [-0.3, -0.25) is 5.10 Å². The first-order chi connectivity index (χ1) is 16.1. The number of rotatable bonds is 3. The van der Waals surface area contributed by atoms with Crippen LogP contribution >= 0.6 is 0 Å². The largest absolute Gasteiger partial charge is 0.396 e. The van der Waals surface area contributed by atoms with E-state index in [0.717, 1.165) is 76.4 Å². The Morgan fingerprint density at radius 1 is 0.939 bits per heavy atom. The minimum atomic E-state index is -0.420. The van der Waals surface area contributed by atoms with E-state index >= 15 is 0 Å². The van der Waals surface area contributed by atoms with Crippen LogP contribution in [0.25, 0.3) is 44.6 Å². The van der Waals surface area contributed by atoms with E-state index in [9.17, 15) is 4.39 Å².